The fourth-order valence-corrected chi connectivity index (χ4v) is 3.12. The van der Waals surface area contributed by atoms with Crippen LogP contribution in [0.3, 0.4) is 0 Å². The first kappa shape index (κ1) is 16.9. The molecule has 1 aliphatic heterocycles. The van der Waals surface area contributed by atoms with Crippen LogP contribution in [0.2, 0.25) is 0 Å². The Kier molecular flexibility index (Phi) is 7.96. The van der Waals surface area contributed by atoms with Crippen molar-refractivity contribution in [1.29, 1.82) is 0 Å². The van der Waals surface area contributed by atoms with E-state index >= 15 is 0 Å². The molecule has 0 spiro atoms. The van der Waals surface area contributed by atoms with Crippen molar-refractivity contribution in [2.75, 3.05) is 39.9 Å². The minimum atomic E-state index is 0.323. The van der Waals surface area contributed by atoms with E-state index in [4.69, 9.17) is 4.74 Å². The van der Waals surface area contributed by atoms with Gasteiger partial charge in [-0.05, 0) is 46.7 Å². The Balaban J connectivity index is 2.56. The minimum absolute atomic E-state index is 0.323. The number of ether oxygens (including phenoxy) is 1. The zero-order valence-electron chi connectivity index (χ0n) is 13.5. The molecule has 0 radical (unpaired) electrons. The Labute approximate surface area is 120 Å². The van der Waals surface area contributed by atoms with E-state index in [1.807, 2.05) is 0 Å². The van der Waals surface area contributed by atoms with E-state index in [1.54, 1.807) is 0 Å². The quantitative estimate of drug-likeness (QED) is 0.652. The molecule has 1 atom stereocenters. The number of unbranched alkanes of at least 4 members (excludes halogenated alkanes) is 2. The molecule has 1 fully saturated rings. The van der Waals surface area contributed by atoms with Crippen LogP contribution in [-0.2, 0) is 4.74 Å². The number of hydrogen-bond acceptors (Lipinski definition) is 3. The highest BCUT2D eigenvalue weighted by Gasteiger charge is 2.34. The molecule has 0 bridgehead atoms. The Morgan fingerprint density at radius 1 is 1.32 bits per heavy atom. The van der Waals surface area contributed by atoms with Crippen LogP contribution in [0, 0.1) is 5.41 Å². The van der Waals surface area contributed by atoms with Crippen molar-refractivity contribution in [2.45, 2.75) is 58.9 Å². The van der Waals surface area contributed by atoms with Gasteiger partial charge in [0.05, 0.1) is 6.61 Å². The minimum Gasteiger partial charge on any atom is -0.381 e. The van der Waals surface area contributed by atoms with Gasteiger partial charge in [-0.3, -0.25) is 0 Å². The number of nitrogens with one attached hydrogen (secondary N) is 1. The van der Waals surface area contributed by atoms with Crippen molar-refractivity contribution in [3.63, 3.8) is 0 Å². The lowest BCUT2D eigenvalue weighted by atomic mass is 9.81. The predicted molar refractivity (Wildman–Crippen MR) is 82.6 cm³/mol. The van der Waals surface area contributed by atoms with Crippen LogP contribution in [0.1, 0.15) is 52.9 Å². The highest BCUT2D eigenvalue weighted by Crippen LogP contribution is 2.30. The topological polar surface area (TPSA) is 24.5 Å². The summed E-state index contributed by atoms with van der Waals surface area (Å²) in [6.07, 6.45) is 6.48. The van der Waals surface area contributed by atoms with Gasteiger partial charge in [0.2, 0.25) is 0 Å². The zero-order valence-corrected chi connectivity index (χ0v) is 13.5. The van der Waals surface area contributed by atoms with Gasteiger partial charge in [0, 0.05) is 31.2 Å². The molecule has 3 heteroatoms. The predicted octanol–water partition coefficient (Wildman–Crippen LogP) is 2.90. The molecule has 19 heavy (non-hydrogen) atoms. The maximum Gasteiger partial charge on any atom is 0.0546 e. The van der Waals surface area contributed by atoms with Crippen molar-refractivity contribution in [3.8, 4) is 0 Å². The first-order valence-electron chi connectivity index (χ1n) is 8.10. The molecule has 1 rings (SSSR count). The molecule has 114 valence electrons. The van der Waals surface area contributed by atoms with Crippen LogP contribution < -0.4 is 5.32 Å². The first-order chi connectivity index (χ1) is 9.13. The lowest BCUT2D eigenvalue weighted by Crippen LogP contribution is -2.50. The van der Waals surface area contributed by atoms with Gasteiger partial charge in [0.25, 0.3) is 0 Å². The van der Waals surface area contributed by atoms with E-state index in [9.17, 15) is 0 Å². The van der Waals surface area contributed by atoms with E-state index in [-0.39, 0.29) is 0 Å². The third-order valence-electron chi connectivity index (χ3n) is 4.27. The van der Waals surface area contributed by atoms with Crippen LogP contribution in [0.25, 0.3) is 0 Å². The van der Waals surface area contributed by atoms with Gasteiger partial charge < -0.3 is 15.0 Å². The monoisotopic (exact) mass is 270 g/mol. The largest absolute Gasteiger partial charge is 0.381 e. The normalized spacial score (nSPS) is 24.3. The fourth-order valence-electron chi connectivity index (χ4n) is 3.12. The summed E-state index contributed by atoms with van der Waals surface area (Å²) in [5.74, 6) is 0. The lowest BCUT2D eigenvalue weighted by molar-refractivity contribution is -0.0302. The van der Waals surface area contributed by atoms with Crippen LogP contribution in [0.5, 0.6) is 0 Å². The second kappa shape index (κ2) is 8.93. The molecule has 0 aromatic carbocycles. The highest BCUT2D eigenvalue weighted by atomic mass is 16.5. The lowest BCUT2D eigenvalue weighted by Gasteiger charge is -2.42. The molecule has 0 amide bonds. The molecule has 0 aliphatic carbocycles. The molecule has 0 aromatic heterocycles. The van der Waals surface area contributed by atoms with Gasteiger partial charge >= 0.3 is 0 Å². The average Bonchev–Trinajstić information content (AvgIpc) is 2.39. The molecule has 1 saturated heterocycles. The fraction of sp³-hybridized carbons (Fsp3) is 1.00. The van der Waals surface area contributed by atoms with Gasteiger partial charge in [-0.2, -0.15) is 0 Å². The summed E-state index contributed by atoms with van der Waals surface area (Å²) < 4.78 is 5.78. The molecule has 1 unspecified atom stereocenters. The van der Waals surface area contributed by atoms with Crippen molar-refractivity contribution in [1.82, 2.24) is 10.2 Å². The van der Waals surface area contributed by atoms with Gasteiger partial charge in [-0.15, -0.1) is 0 Å². The maximum atomic E-state index is 5.78. The van der Waals surface area contributed by atoms with E-state index < -0.39 is 0 Å². The average molecular weight is 270 g/mol. The summed E-state index contributed by atoms with van der Waals surface area (Å²) in [5, 5.41) is 3.38. The molecular weight excluding hydrogens is 236 g/mol. The molecule has 1 aliphatic rings. The van der Waals surface area contributed by atoms with Crippen LogP contribution in [0.4, 0.5) is 0 Å². The Morgan fingerprint density at radius 2 is 2.11 bits per heavy atom. The van der Waals surface area contributed by atoms with Gasteiger partial charge in [-0.25, -0.2) is 0 Å². The summed E-state index contributed by atoms with van der Waals surface area (Å²) in [5.41, 5.74) is 0.323. The van der Waals surface area contributed by atoms with E-state index in [0.717, 1.165) is 19.8 Å². The Hall–Kier alpha value is -0.120. The van der Waals surface area contributed by atoms with Gasteiger partial charge in [0.15, 0.2) is 0 Å². The summed E-state index contributed by atoms with van der Waals surface area (Å²) in [6.45, 7) is 12.3. The molecule has 0 aromatic rings. The third-order valence-corrected chi connectivity index (χ3v) is 4.27. The van der Waals surface area contributed by atoms with Crippen molar-refractivity contribution in [3.05, 3.63) is 0 Å². The first-order valence-corrected chi connectivity index (χ1v) is 8.10. The Bertz CT molecular complexity index is 219. The summed E-state index contributed by atoms with van der Waals surface area (Å²) in [4.78, 5) is 2.65. The third kappa shape index (κ3) is 5.80. The molecule has 1 heterocycles. The number of nitrogens with zero attached hydrogens (tertiary/aromatic N) is 1. The van der Waals surface area contributed by atoms with E-state index in [2.05, 4.69) is 38.0 Å². The molecular formula is C16H34N2O. The smallest absolute Gasteiger partial charge is 0.0546 e. The molecule has 3 nitrogen and oxygen atoms in total. The number of hydrogen-bond donors (Lipinski definition) is 1. The SMILES string of the molecule is CCCCCN(CC1(CNC)CCCOC1)C(C)C. The molecule has 0 saturated carbocycles. The van der Waals surface area contributed by atoms with Crippen LogP contribution >= 0.6 is 0 Å². The van der Waals surface area contributed by atoms with Crippen LogP contribution in [-0.4, -0.2) is 50.8 Å². The summed E-state index contributed by atoms with van der Waals surface area (Å²) in [6, 6.07) is 0.632. The summed E-state index contributed by atoms with van der Waals surface area (Å²) in [7, 11) is 2.06. The van der Waals surface area contributed by atoms with Gasteiger partial charge in [0.1, 0.15) is 0 Å². The molecule has 1 N–H and O–H groups in total. The Morgan fingerprint density at radius 3 is 2.63 bits per heavy atom. The van der Waals surface area contributed by atoms with E-state index in [1.165, 1.54) is 45.2 Å². The highest BCUT2D eigenvalue weighted by molar-refractivity contribution is 4.87. The summed E-state index contributed by atoms with van der Waals surface area (Å²) >= 11 is 0. The van der Waals surface area contributed by atoms with Crippen molar-refractivity contribution < 1.29 is 4.74 Å². The zero-order chi connectivity index (χ0) is 14.1. The van der Waals surface area contributed by atoms with Crippen molar-refractivity contribution in [2.24, 2.45) is 5.41 Å². The second-order valence-corrected chi connectivity index (χ2v) is 6.46. The number of rotatable bonds is 9. The van der Waals surface area contributed by atoms with E-state index in [0.29, 0.717) is 11.5 Å². The van der Waals surface area contributed by atoms with Crippen LogP contribution in [0.15, 0.2) is 0 Å². The second-order valence-electron chi connectivity index (χ2n) is 6.46. The van der Waals surface area contributed by atoms with Crippen molar-refractivity contribution >= 4 is 0 Å². The standard InChI is InChI=1S/C16H34N2O/c1-5-6-7-10-18(15(2)3)13-16(12-17-4)9-8-11-19-14-16/h15,17H,5-14H2,1-4H3. The van der Waals surface area contributed by atoms with Gasteiger partial charge in [-0.1, -0.05) is 19.8 Å². The maximum absolute atomic E-state index is 5.78.